The molecule has 4 aliphatic rings. The van der Waals surface area contributed by atoms with Crippen molar-refractivity contribution in [2.24, 2.45) is 5.92 Å². The second kappa shape index (κ2) is 10.1. The highest BCUT2D eigenvalue weighted by molar-refractivity contribution is 5.96. The molecule has 2 heterocycles. The smallest absolute Gasteiger partial charge is 0.247 e. The van der Waals surface area contributed by atoms with Crippen molar-refractivity contribution in [2.75, 3.05) is 26.4 Å². The zero-order valence-electron chi connectivity index (χ0n) is 19.4. The molecule has 5 rings (SSSR count). The lowest BCUT2D eigenvalue weighted by Gasteiger charge is -2.45. The predicted octanol–water partition coefficient (Wildman–Crippen LogP) is 1.51. The zero-order valence-corrected chi connectivity index (χ0v) is 19.4. The Kier molecular flexibility index (Phi) is 6.90. The van der Waals surface area contributed by atoms with Gasteiger partial charge in [-0.05, 0) is 31.4 Å². The Morgan fingerprint density at radius 3 is 2.65 bits per heavy atom. The standard InChI is InChI=1S/C26H34N2O6/c29-12-11-27-25(31)19-14-20(23(30)24-22(19)18-8-4-5-9-21(18)34-24)28(17-6-2-1-3-7-17)26(32)16-10-13-33-15-16/h4-5,8-9,14,16-17,20,22-24,29-30H,1-3,6-7,10-13,15H2,(H,27,31)/t16?,20-,22+,23+,24+/m1/s1. The lowest BCUT2D eigenvalue weighted by molar-refractivity contribution is -0.145. The number of amides is 2. The van der Waals surface area contributed by atoms with Crippen molar-refractivity contribution in [1.82, 2.24) is 10.2 Å². The van der Waals surface area contributed by atoms with Crippen molar-refractivity contribution >= 4 is 11.8 Å². The van der Waals surface area contributed by atoms with E-state index in [2.05, 4.69) is 5.32 Å². The second-order valence-electron chi connectivity index (χ2n) is 9.78. The highest BCUT2D eigenvalue weighted by Gasteiger charge is 2.51. The van der Waals surface area contributed by atoms with Crippen LogP contribution in [-0.2, 0) is 14.3 Å². The molecule has 1 unspecified atom stereocenters. The summed E-state index contributed by atoms with van der Waals surface area (Å²) < 4.78 is 11.7. The summed E-state index contributed by atoms with van der Waals surface area (Å²) in [5, 5.41) is 23.6. The van der Waals surface area contributed by atoms with Gasteiger partial charge in [-0.3, -0.25) is 9.59 Å². The molecule has 2 aliphatic heterocycles. The molecule has 184 valence electrons. The van der Waals surface area contributed by atoms with Crippen molar-refractivity contribution in [1.29, 1.82) is 0 Å². The summed E-state index contributed by atoms with van der Waals surface area (Å²) in [6.07, 6.45) is 5.82. The van der Waals surface area contributed by atoms with Crippen LogP contribution in [0.25, 0.3) is 0 Å². The quantitative estimate of drug-likeness (QED) is 0.582. The lowest BCUT2D eigenvalue weighted by Crippen LogP contribution is -2.59. The number of nitrogens with one attached hydrogen (secondary N) is 1. The number of aliphatic hydroxyl groups is 2. The summed E-state index contributed by atoms with van der Waals surface area (Å²) in [7, 11) is 0. The van der Waals surface area contributed by atoms with Crippen LogP contribution in [0.2, 0.25) is 0 Å². The maximum Gasteiger partial charge on any atom is 0.247 e. The van der Waals surface area contributed by atoms with E-state index in [0.29, 0.717) is 31.0 Å². The van der Waals surface area contributed by atoms with Gasteiger partial charge in [0.25, 0.3) is 0 Å². The number of aliphatic hydroxyl groups excluding tert-OH is 2. The van der Waals surface area contributed by atoms with Gasteiger partial charge < -0.3 is 29.9 Å². The van der Waals surface area contributed by atoms with E-state index in [1.54, 1.807) is 6.08 Å². The highest BCUT2D eigenvalue weighted by Crippen LogP contribution is 2.47. The summed E-state index contributed by atoms with van der Waals surface area (Å²) in [5.41, 5.74) is 1.34. The van der Waals surface area contributed by atoms with E-state index >= 15 is 0 Å². The van der Waals surface area contributed by atoms with E-state index in [1.165, 1.54) is 0 Å². The number of hydrogen-bond acceptors (Lipinski definition) is 6. The minimum absolute atomic E-state index is 0.00576. The van der Waals surface area contributed by atoms with Gasteiger partial charge >= 0.3 is 0 Å². The highest BCUT2D eigenvalue weighted by atomic mass is 16.5. The van der Waals surface area contributed by atoms with Crippen molar-refractivity contribution in [3.05, 3.63) is 41.5 Å². The van der Waals surface area contributed by atoms with E-state index in [1.807, 2.05) is 29.2 Å². The molecule has 0 radical (unpaired) electrons. The van der Waals surface area contributed by atoms with Gasteiger partial charge in [0.2, 0.25) is 11.8 Å². The van der Waals surface area contributed by atoms with Gasteiger partial charge in [-0.15, -0.1) is 0 Å². The Morgan fingerprint density at radius 1 is 1.12 bits per heavy atom. The van der Waals surface area contributed by atoms with Gasteiger partial charge in [0.1, 0.15) is 18.0 Å². The normalized spacial score (nSPS) is 30.6. The first-order chi connectivity index (χ1) is 16.6. The molecule has 8 heteroatoms. The number of ether oxygens (including phenoxy) is 2. The van der Waals surface area contributed by atoms with E-state index in [0.717, 1.165) is 37.7 Å². The van der Waals surface area contributed by atoms with Gasteiger partial charge in [0.05, 0.1) is 31.1 Å². The SMILES string of the molecule is O=C(NCCO)C1=C[C@@H](N(C(=O)C2CCOC2)C2CCCCC2)[C@H](O)[C@H]2Oc3ccccc3[C@@H]12. The van der Waals surface area contributed by atoms with Crippen LogP contribution in [0.1, 0.15) is 50.0 Å². The van der Waals surface area contributed by atoms with Gasteiger partial charge in [-0.2, -0.15) is 0 Å². The van der Waals surface area contributed by atoms with Crippen LogP contribution < -0.4 is 10.1 Å². The van der Waals surface area contributed by atoms with Crippen molar-refractivity contribution < 1.29 is 29.3 Å². The fourth-order valence-corrected chi connectivity index (χ4v) is 6.03. The molecular formula is C26H34N2O6. The number of carbonyl (C=O) groups excluding carboxylic acids is 2. The molecule has 0 bridgehead atoms. The lowest BCUT2D eigenvalue weighted by atomic mass is 9.76. The molecule has 1 aromatic rings. The van der Waals surface area contributed by atoms with Crippen LogP contribution in [0.5, 0.6) is 5.75 Å². The van der Waals surface area contributed by atoms with Crippen molar-refractivity contribution in [3.63, 3.8) is 0 Å². The zero-order chi connectivity index (χ0) is 23.7. The fourth-order valence-electron chi connectivity index (χ4n) is 6.03. The number of hydrogen-bond donors (Lipinski definition) is 3. The largest absolute Gasteiger partial charge is 0.486 e. The Morgan fingerprint density at radius 2 is 1.91 bits per heavy atom. The van der Waals surface area contributed by atoms with E-state index in [-0.39, 0.29) is 36.9 Å². The molecule has 2 aliphatic carbocycles. The van der Waals surface area contributed by atoms with Gasteiger partial charge in [-0.1, -0.05) is 37.5 Å². The second-order valence-corrected chi connectivity index (χ2v) is 9.78. The summed E-state index contributed by atoms with van der Waals surface area (Å²) in [6, 6.07) is 6.87. The summed E-state index contributed by atoms with van der Waals surface area (Å²) >= 11 is 0. The maximum absolute atomic E-state index is 13.8. The number of fused-ring (bicyclic) bond motifs is 3. The monoisotopic (exact) mass is 470 g/mol. The molecule has 2 amide bonds. The topological polar surface area (TPSA) is 108 Å². The first-order valence-electron chi connectivity index (χ1n) is 12.5. The van der Waals surface area contributed by atoms with E-state index in [9.17, 15) is 19.8 Å². The number of rotatable bonds is 6. The average molecular weight is 471 g/mol. The van der Waals surface area contributed by atoms with Crippen molar-refractivity contribution in [3.8, 4) is 5.75 Å². The van der Waals surface area contributed by atoms with Crippen LogP contribution in [0, 0.1) is 5.92 Å². The molecule has 34 heavy (non-hydrogen) atoms. The number of benzene rings is 1. The Balaban J connectivity index is 1.54. The van der Waals surface area contributed by atoms with Crippen LogP contribution >= 0.6 is 0 Å². The molecule has 8 nitrogen and oxygen atoms in total. The first kappa shape index (κ1) is 23.3. The summed E-state index contributed by atoms with van der Waals surface area (Å²) in [6.45, 7) is 0.927. The van der Waals surface area contributed by atoms with Crippen LogP contribution in [-0.4, -0.2) is 77.6 Å². The van der Waals surface area contributed by atoms with Gasteiger partial charge in [-0.25, -0.2) is 0 Å². The molecule has 5 atom stereocenters. The summed E-state index contributed by atoms with van der Waals surface area (Å²) in [4.78, 5) is 28.9. The predicted molar refractivity (Wildman–Crippen MR) is 124 cm³/mol. The van der Waals surface area contributed by atoms with E-state index in [4.69, 9.17) is 9.47 Å². The van der Waals surface area contributed by atoms with Gasteiger partial charge in [0.15, 0.2) is 0 Å². The van der Waals surface area contributed by atoms with Crippen LogP contribution in [0.3, 0.4) is 0 Å². The van der Waals surface area contributed by atoms with Gasteiger partial charge in [0, 0.05) is 30.3 Å². The Labute approximate surface area is 199 Å². The molecular weight excluding hydrogens is 436 g/mol. The molecule has 1 saturated heterocycles. The minimum atomic E-state index is -0.972. The first-order valence-corrected chi connectivity index (χ1v) is 12.5. The number of nitrogens with zero attached hydrogens (tertiary/aromatic N) is 1. The third-order valence-electron chi connectivity index (χ3n) is 7.70. The Hall–Kier alpha value is -2.42. The van der Waals surface area contributed by atoms with E-state index < -0.39 is 24.2 Å². The third-order valence-corrected chi connectivity index (χ3v) is 7.70. The van der Waals surface area contributed by atoms with Crippen molar-refractivity contribution in [2.45, 2.75) is 68.7 Å². The molecule has 3 N–H and O–H groups in total. The fraction of sp³-hybridized carbons (Fsp3) is 0.615. The van der Waals surface area contributed by atoms with Crippen LogP contribution in [0.4, 0.5) is 0 Å². The number of carbonyl (C=O) groups is 2. The Bertz CT molecular complexity index is 937. The average Bonchev–Trinajstić information content (AvgIpc) is 3.53. The maximum atomic E-state index is 13.8. The third kappa shape index (κ3) is 4.23. The molecule has 1 aromatic carbocycles. The van der Waals surface area contributed by atoms with Crippen LogP contribution in [0.15, 0.2) is 35.9 Å². The minimum Gasteiger partial charge on any atom is -0.486 e. The molecule has 0 spiro atoms. The molecule has 2 fully saturated rings. The number of para-hydroxylation sites is 1. The summed E-state index contributed by atoms with van der Waals surface area (Å²) in [5.74, 6) is -0.319. The molecule has 1 saturated carbocycles. The molecule has 0 aromatic heterocycles.